The highest BCUT2D eigenvalue weighted by molar-refractivity contribution is 6.29. The number of carboxylic acid groups (broad SMARTS) is 1. The van der Waals surface area contributed by atoms with E-state index in [1.807, 2.05) is 0 Å². The Labute approximate surface area is 197 Å². The van der Waals surface area contributed by atoms with E-state index in [0.717, 1.165) is 18.4 Å². The van der Waals surface area contributed by atoms with Gasteiger partial charge in [-0.25, -0.2) is 9.37 Å². The van der Waals surface area contributed by atoms with Crippen LogP contribution in [-0.2, 0) is 11.3 Å². The summed E-state index contributed by atoms with van der Waals surface area (Å²) in [6, 6.07) is 5.83. The first-order valence-electron chi connectivity index (χ1n) is 10.8. The standard InChI is InChI=1S/C24H27ClFN3O4/c1-24(2,33)12-11-19-20(21(30)27-13-15-3-7-17(8-4-15)22(31)32)29(23(25)28-19)14-16-5-9-18(26)10-6-16/h5-6,9-10,15,17,33H,3-4,7-8,13-14H2,1-2H3,(H,27,30)(H,31,32)/t15-,17-. The van der Waals surface area contributed by atoms with Crippen LogP contribution < -0.4 is 5.32 Å². The topological polar surface area (TPSA) is 104 Å². The van der Waals surface area contributed by atoms with Crippen molar-refractivity contribution in [3.63, 3.8) is 0 Å². The molecule has 0 saturated heterocycles. The quantitative estimate of drug-likeness (QED) is 0.555. The van der Waals surface area contributed by atoms with Gasteiger partial charge in [0.2, 0.25) is 5.28 Å². The molecule has 1 aliphatic carbocycles. The summed E-state index contributed by atoms with van der Waals surface area (Å²) in [7, 11) is 0. The summed E-state index contributed by atoms with van der Waals surface area (Å²) in [6.07, 6.45) is 2.62. The van der Waals surface area contributed by atoms with Gasteiger partial charge in [0.15, 0.2) is 0 Å². The molecule has 176 valence electrons. The number of nitrogens with zero attached hydrogens (tertiary/aromatic N) is 2. The van der Waals surface area contributed by atoms with E-state index >= 15 is 0 Å². The van der Waals surface area contributed by atoms with Crippen LogP contribution in [0.15, 0.2) is 24.3 Å². The lowest BCUT2D eigenvalue weighted by Gasteiger charge is -2.26. The molecule has 0 bridgehead atoms. The summed E-state index contributed by atoms with van der Waals surface area (Å²) in [5.41, 5.74) is -0.278. The summed E-state index contributed by atoms with van der Waals surface area (Å²) in [4.78, 5) is 28.5. The van der Waals surface area contributed by atoms with Crippen LogP contribution in [-0.4, -0.2) is 43.8 Å². The van der Waals surface area contributed by atoms with Crippen LogP contribution in [0.5, 0.6) is 0 Å². The molecule has 9 heteroatoms. The normalized spacial score (nSPS) is 18.3. The lowest BCUT2D eigenvalue weighted by molar-refractivity contribution is -0.143. The van der Waals surface area contributed by atoms with E-state index < -0.39 is 17.5 Å². The second kappa shape index (κ2) is 10.4. The number of benzene rings is 1. The maximum atomic E-state index is 13.3. The van der Waals surface area contributed by atoms with E-state index in [1.165, 1.54) is 30.5 Å². The van der Waals surface area contributed by atoms with Crippen molar-refractivity contribution in [2.45, 2.75) is 51.7 Å². The van der Waals surface area contributed by atoms with Crippen molar-refractivity contribution >= 4 is 23.5 Å². The van der Waals surface area contributed by atoms with Crippen LogP contribution in [0, 0.1) is 29.5 Å². The van der Waals surface area contributed by atoms with Crippen LogP contribution in [0.3, 0.4) is 0 Å². The second-order valence-electron chi connectivity index (χ2n) is 8.87. The Balaban J connectivity index is 1.82. The number of aliphatic carboxylic acids is 1. The number of carboxylic acids is 1. The molecule has 1 aromatic heterocycles. The van der Waals surface area contributed by atoms with E-state index in [4.69, 9.17) is 16.7 Å². The summed E-state index contributed by atoms with van der Waals surface area (Å²) < 4.78 is 14.8. The van der Waals surface area contributed by atoms with Crippen molar-refractivity contribution in [1.29, 1.82) is 0 Å². The van der Waals surface area contributed by atoms with Crippen molar-refractivity contribution in [2.24, 2.45) is 11.8 Å². The van der Waals surface area contributed by atoms with Gasteiger partial charge in [0.25, 0.3) is 5.91 Å². The molecule has 1 heterocycles. The Kier molecular flexibility index (Phi) is 7.77. The van der Waals surface area contributed by atoms with Gasteiger partial charge >= 0.3 is 5.97 Å². The van der Waals surface area contributed by atoms with E-state index in [-0.39, 0.29) is 40.9 Å². The van der Waals surface area contributed by atoms with Gasteiger partial charge in [-0.2, -0.15) is 0 Å². The van der Waals surface area contributed by atoms with Crippen LogP contribution in [0.25, 0.3) is 0 Å². The van der Waals surface area contributed by atoms with Gasteiger partial charge in [0, 0.05) is 6.54 Å². The van der Waals surface area contributed by atoms with Crippen molar-refractivity contribution in [2.75, 3.05) is 6.54 Å². The number of nitrogens with one attached hydrogen (secondary N) is 1. The molecular weight excluding hydrogens is 449 g/mol. The largest absolute Gasteiger partial charge is 0.481 e. The number of carbonyl (C=O) groups is 2. The zero-order chi connectivity index (χ0) is 24.2. The Hall–Kier alpha value is -2.89. The molecular formula is C24H27ClFN3O4. The minimum Gasteiger partial charge on any atom is -0.481 e. The summed E-state index contributed by atoms with van der Waals surface area (Å²) in [5.74, 6) is 3.69. The summed E-state index contributed by atoms with van der Waals surface area (Å²) in [6.45, 7) is 3.61. The minimum atomic E-state index is -1.29. The highest BCUT2D eigenvalue weighted by Gasteiger charge is 2.27. The second-order valence-corrected chi connectivity index (χ2v) is 9.20. The maximum Gasteiger partial charge on any atom is 0.306 e. The Morgan fingerprint density at radius 1 is 1.24 bits per heavy atom. The Bertz CT molecular complexity index is 1070. The first-order chi connectivity index (χ1) is 15.5. The first-order valence-corrected chi connectivity index (χ1v) is 11.2. The number of rotatable bonds is 6. The smallest absolute Gasteiger partial charge is 0.306 e. The van der Waals surface area contributed by atoms with Gasteiger partial charge in [-0.3, -0.25) is 9.59 Å². The number of imidazole rings is 1. The highest BCUT2D eigenvalue weighted by Crippen LogP contribution is 2.28. The molecule has 2 aromatic rings. The fraction of sp³-hybridized carbons (Fsp3) is 0.458. The first kappa shape index (κ1) is 24.7. The molecule has 33 heavy (non-hydrogen) atoms. The van der Waals surface area contributed by atoms with E-state index in [9.17, 15) is 19.1 Å². The molecule has 1 fully saturated rings. The van der Waals surface area contributed by atoms with Gasteiger partial charge in [-0.05, 0) is 80.7 Å². The average molecular weight is 476 g/mol. The van der Waals surface area contributed by atoms with Crippen LogP contribution in [0.1, 0.15) is 61.3 Å². The van der Waals surface area contributed by atoms with Crippen molar-refractivity contribution < 1.29 is 24.2 Å². The molecule has 7 nitrogen and oxygen atoms in total. The fourth-order valence-electron chi connectivity index (χ4n) is 3.81. The van der Waals surface area contributed by atoms with Crippen molar-refractivity contribution in [3.8, 4) is 11.8 Å². The van der Waals surface area contributed by atoms with Crippen LogP contribution in [0.2, 0.25) is 5.28 Å². The van der Waals surface area contributed by atoms with Gasteiger partial charge in [0.1, 0.15) is 22.8 Å². The fourth-order valence-corrected chi connectivity index (χ4v) is 4.03. The molecule has 1 aromatic carbocycles. The zero-order valence-electron chi connectivity index (χ0n) is 18.6. The summed E-state index contributed by atoms with van der Waals surface area (Å²) >= 11 is 6.33. The summed E-state index contributed by atoms with van der Waals surface area (Å²) in [5, 5.41) is 22.1. The molecule has 0 radical (unpaired) electrons. The molecule has 0 unspecified atom stereocenters. The van der Waals surface area contributed by atoms with Gasteiger partial charge in [0.05, 0.1) is 12.5 Å². The van der Waals surface area contributed by atoms with Gasteiger partial charge in [-0.15, -0.1) is 0 Å². The van der Waals surface area contributed by atoms with E-state index in [1.54, 1.807) is 12.1 Å². The molecule has 0 spiro atoms. The third-order valence-electron chi connectivity index (χ3n) is 5.62. The van der Waals surface area contributed by atoms with Gasteiger partial charge in [-0.1, -0.05) is 18.1 Å². The predicted molar refractivity (Wildman–Crippen MR) is 121 cm³/mol. The lowest BCUT2D eigenvalue weighted by atomic mass is 9.82. The Morgan fingerprint density at radius 3 is 2.45 bits per heavy atom. The SMILES string of the molecule is CC(C)(O)C#Cc1nc(Cl)n(Cc2ccc(F)cc2)c1C(=O)NC[C@H]1CC[C@H](C(=O)O)CC1. The van der Waals surface area contributed by atoms with E-state index in [2.05, 4.69) is 22.1 Å². The molecule has 3 N–H and O–H groups in total. The molecule has 1 amide bonds. The third-order valence-corrected chi connectivity index (χ3v) is 5.91. The number of amides is 1. The number of carbonyl (C=O) groups excluding carboxylic acids is 1. The number of hydrogen-bond donors (Lipinski definition) is 3. The molecule has 3 rings (SSSR count). The molecule has 1 saturated carbocycles. The average Bonchev–Trinajstić information content (AvgIpc) is 3.07. The maximum absolute atomic E-state index is 13.3. The van der Waals surface area contributed by atoms with Crippen LogP contribution in [0.4, 0.5) is 4.39 Å². The van der Waals surface area contributed by atoms with E-state index in [0.29, 0.717) is 19.4 Å². The minimum absolute atomic E-state index is 0.0477. The molecule has 1 aliphatic rings. The van der Waals surface area contributed by atoms with Crippen molar-refractivity contribution in [1.82, 2.24) is 14.9 Å². The number of aromatic nitrogens is 2. The molecule has 0 atom stereocenters. The predicted octanol–water partition coefficient (Wildman–Crippen LogP) is 3.47. The van der Waals surface area contributed by atoms with Crippen molar-refractivity contribution in [3.05, 3.63) is 52.3 Å². The third kappa shape index (κ3) is 6.80. The van der Waals surface area contributed by atoms with Gasteiger partial charge < -0.3 is 20.1 Å². The van der Waals surface area contributed by atoms with Crippen LogP contribution >= 0.6 is 11.6 Å². The lowest BCUT2D eigenvalue weighted by Crippen LogP contribution is -2.34. The number of halogens is 2. The Morgan fingerprint density at radius 2 is 1.88 bits per heavy atom. The number of hydrogen-bond acceptors (Lipinski definition) is 4. The monoisotopic (exact) mass is 475 g/mol. The molecule has 0 aliphatic heterocycles. The highest BCUT2D eigenvalue weighted by atomic mass is 35.5. The zero-order valence-corrected chi connectivity index (χ0v) is 19.3. The number of aliphatic hydroxyl groups is 1.